The Morgan fingerprint density at radius 1 is 1.13 bits per heavy atom. The number of benzene rings is 2. The van der Waals surface area contributed by atoms with Crippen molar-refractivity contribution in [3.05, 3.63) is 69.1 Å². The van der Waals surface area contributed by atoms with Gasteiger partial charge in [0.15, 0.2) is 12.4 Å². The number of anilines is 1. The molecule has 2 aromatic carbocycles. The second-order valence-corrected chi connectivity index (χ2v) is 7.05. The number of fused-ring (bicyclic) bond motifs is 2. The highest BCUT2D eigenvalue weighted by Gasteiger charge is 2.20. The van der Waals surface area contributed by atoms with Crippen LogP contribution in [-0.2, 0) is 22.5 Å². The van der Waals surface area contributed by atoms with Gasteiger partial charge >= 0.3 is 5.97 Å². The Kier molecular flexibility index (Phi) is 4.91. The van der Waals surface area contributed by atoms with Crippen molar-refractivity contribution in [1.29, 1.82) is 0 Å². The zero-order valence-electron chi connectivity index (χ0n) is 16.5. The maximum absolute atomic E-state index is 12.4. The summed E-state index contributed by atoms with van der Waals surface area (Å²) in [5.74, 6) is -1.13. The monoisotopic (exact) mass is 405 g/mol. The summed E-state index contributed by atoms with van der Waals surface area (Å²) in [5.41, 5.74) is 3.36. The highest BCUT2D eigenvalue weighted by atomic mass is 16.5. The maximum Gasteiger partial charge on any atom is 0.338 e. The standard InChI is InChI=1S/C22H19N3O5/c1-3-25-18-7-5-14(9-17(18)23-12(2)21(25)28)22(29)30-11-19(26)13-4-6-16-15(8-13)10-20(27)24-16/h4-9H,3,10-11H2,1-2H3,(H,24,27). The number of aromatic nitrogens is 2. The van der Waals surface area contributed by atoms with E-state index in [1.165, 1.54) is 0 Å². The number of amides is 1. The number of aryl methyl sites for hydroxylation is 2. The van der Waals surface area contributed by atoms with Crippen LogP contribution in [0.3, 0.4) is 0 Å². The topological polar surface area (TPSA) is 107 Å². The van der Waals surface area contributed by atoms with Crippen LogP contribution < -0.4 is 10.9 Å². The minimum Gasteiger partial charge on any atom is -0.454 e. The molecular weight excluding hydrogens is 386 g/mol. The Hall–Kier alpha value is -3.81. The quantitative estimate of drug-likeness (QED) is 0.515. The van der Waals surface area contributed by atoms with Crippen molar-refractivity contribution in [3.8, 4) is 0 Å². The van der Waals surface area contributed by atoms with Gasteiger partial charge in [-0.2, -0.15) is 0 Å². The van der Waals surface area contributed by atoms with Crippen molar-refractivity contribution in [2.45, 2.75) is 26.8 Å². The van der Waals surface area contributed by atoms with Crippen molar-refractivity contribution in [3.63, 3.8) is 0 Å². The molecule has 152 valence electrons. The smallest absolute Gasteiger partial charge is 0.338 e. The first-order valence-electron chi connectivity index (χ1n) is 9.51. The third kappa shape index (κ3) is 3.47. The lowest BCUT2D eigenvalue weighted by Crippen LogP contribution is -2.23. The van der Waals surface area contributed by atoms with E-state index < -0.39 is 12.6 Å². The number of Topliss-reactive ketones (excluding diaryl/α,β-unsaturated/α-hetero) is 1. The molecule has 0 saturated heterocycles. The van der Waals surface area contributed by atoms with E-state index in [2.05, 4.69) is 10.3 Å². The molecule has 1 aliphatic rings. The maximum atomic E-state index is 12.4. The SMILES string of the molecule is CCn1c(=O)c(C)nc2cc(C(=O)OCC(=O)c3ccc4c(c3)CC(=O)N4)ccc21. The van der Waals surface area contributed by atoms with Gasteiger partial charge in [-0.1, -0.05) is 0 Å². The van der Waals surface area contributed by atoms with Crippen molar-refractivity contribution in [2.24, 2.45) is 0 Å². The fraction of sp³-hybridized carbons (Fsp3) is 0.227. The van der Waals surface area contributed by atoms with Gasteiger partial charge in [0.05, 0.1) is 23.0 Å². The predicted molar refractivity (Wildman–Crippen MR) is 110 cm³/mol. The normalized spacial score (nSPS) is 12.5. The van der Waals surface area contributed by atoms with Crippen molar-refractivity contribution in [2.75, 3.05) is 11.9 Å². The highest BCUT2D eigenvalue weighted by molar-refractivity contribution is 6.03. The lowest BCUT2D eigenvalue weighted by atomic mass is 10.1. The Balaban J connectivity index is 1.50. The molecule has 30 heavy (non-hydrogen) atoms. The molecule has 0 atom stereocenters. The van der Waals surface area contributed by atoms with E-state index >= 15 is 0 Å². The van der Waals surface area contributed by atoms with Gasteiger partial charge in [0, 0.05) is 17.8 Å². The van der Waals surface area contributed by atoms with Gasteiger partial charge in [0.25, 0.3) is 5.56 Å². The Morgan fingerprint density at radius 2 is 1.90 bits per heavy atom. The minimum atomic E-state index is -0.656. The zero-order valence-corrected chi connectivity index (χ0v) is 16.5. The molecule has 0 radical (unpaired) electrons. The van der Waals surface area contributed by atoms with E-state index in [0.29, 0.717) is 34.5 Å². The molecule has 0 fully saturated rings. The molecule has 1 aliphatic heterocycles. The molecule has 1 amide bonds. The van der Waals surface area contributed by atoms with Gasteiger partial charge in [-0.3, -0.25) is 14.4 Å². The number of hydrogen-bond acceptors (Lipinski definition) is 6. The van der Waals surface area contributed by atoms with E-state index in [9.17, 15) is 19.2 Å². The first-order valence-corrected chi connectivity index (χ1v) is 9.51. The molecule has 1 N–H and O–H groups in total. The van der Waals surface area contributed by atoms with Gasteiger partial charge in [0.1, 0.15) is 5.69 Å². The number of ketones is 1. The summed E-state index contributed by atoms with van der Waals surface area (Å²) in [7, 11) is 0. The van der Waals surface area contributed by atoms with E-state index in [0.717, 1.165) is 5.56 Å². The van der Waals surface area contributed by atoms with Gasteiger partial charge in [-0.15, -0.1) is 0 Å². The number of nitrogens with one attached hydrogen (secondary N) is 1. The molecule has 0 unspecified atom stereocenters. The van der Waals surface area contributed by atoms with Gasteiger partial charge in [-0.05, 0) is 55.8 Å². The highest BCUT2D eigenvalue weighted by Crippen LogP contribution is 2.24. The van der Waals surface area contributed by atoms with Crippen LogP contribution in [0.4, 0.5) is 5.69 Å². The van der Waals surface area contributed by atoms with Crippen LogP contribution >= 0.6 is 0 Å². The molecule has 1 aromatic heterocycles. The molecular formula is C22H19N3O5. The van der Waals surface area contributed by atoms with Crippen LogP contribution in [0.15, 0.2) is 41.2 Å². The number of rotatable bonds is 5. The van der Waals surface area contributed by atoms with Crippen LogP contribution in [-0.4, -0.2) is 33.8 Å². The number of esters is 1. The summed E-state index contributed by atoms with van der Waals surface area (Å²) in [6.07, 6.45) is 0.225. The molecule has 0 saturated carbocycles. The average molecular weight is 405 g/mol. The first kappa shape index (κ1) is 19.5. The molecule has 8 heteroatoms. The van der Waals surface area contributed by atoms with Crippen LogP contribution in [0.25, 0.3) is 11.0 Å². The lowest BCUT2D eigenvalue weighted by molar-refractivity contribution is -0.115. The number of carbonyl (C=O) groups is 3. The van der Waals surface area contributed by atoms with Gasteiger partial charge < -0.3 is 14.6 Å². The van der Waals surface area contributed by atoms with Crippen molar-refractivity contribution in [1.82, 2.24) is 9.55 Å². The molecule has 4 rings (SSSR count). The summed E-state index contributed by atoms with van der Waals surface area (Å²) < 4.78 is 6.76. The largest absolute Gasteiger partial charge is 0.454 e. The van der Waals surface area contributed by atoms with Gasteiger partial charge in [0.2, 0.25) is 5.91 Å². The zero-order chi connectivity index (χ0) is 21.4. The van der Waals surface area contributed by atoms with Crippen molar-refractivity contribution < 1.29 is 19.1 Å². The molecule has 0 aliphatic carbocycles. The third-order valence-corrected chi connectivity index (χ3v) is 5.05. The van der Waals surface area contributed by atoms with Crippen LogP contribution in [0.2, 0.25) is 0 Å². The number of carbonyl (C=O) groups excluding carboxylic acids is 3. The predicted octanol–water partition coefficient (Wildman–Crippen LogP) is 2.26. The molecule has 2 heterocycles. The second-order valence-electron chi connectivity index (χ2n) is 7.05. The molecule has 3 aromatic rings. The van der Waals surface area contributed by atoms with E-state index in [-0.39, 0.29) is 29.2 Å². The summed E-state index contributed by atoms with van der Waals surface area (Å²) >= 11 is 0. The Labute approximate surface area is 171 Å². The fourth-order valence-electron chi connectivity index (χ4n) is 3.52. The van der Waals surface area contributed by atoms with Crippen LogP contribution in [0.1, 0.15) is 38.9 Å². The minimum absolute atomic E-state index is 0.116. The molecule has 0 bridgehead atoms. The summed E-state index contributed by atoms with van der Waals surface area (Å²) in [6.45, 7) is 3.55. The molecule has 0 spiro atoms. The summed E-state index contributed by atoms with van der Waals surface area (Å²) in [6, 6.07) is 9.64. The van der Waals surface area contributed by atoms with Crippen LogP contribution in [0.5, 0.6) is 0 Å². The third-order valence-electron chi connectivity index (χ3n) is 5.05. The first-order chi connectivity index (χ1) is 14.4. The summed E-state index contributed by atoms with van der Waals surface area (Å²) in [4.78, 5) is 52.7. The number of ether oxygens (including phenoxy) is 1. The Morgan fingerprint density at radius 3 is 2.67 bits per heavy atom. The van der Waals surface area contributed by atoms with Crippen molar-refractivity contribution >= 4 is 34.4 Å². The van der Waals surface area contributed by atoms with E-state index in [4.69, 9.17) is 4.74 Å². The van der Waals surface area contributed by atoms with E-state index in [1.807, 2.05) is 6.92 Å². The number of nitrogens with zero attached hydrogens (tertiary/aromatic N) is 2. The lowest BCUT2D eigenvalue weighted by Gasteiger charge is -2.10. The van der Waals surface area contributed by atoms with E-state index in [1.54, 1.807) is 47.9 Å². The Bertz CT molecular complexity index is 1280. The second kappa shape index (κ2) is 7.55. The summed E-state index contributed by atoms with van der Waals surface area (Å²) in [5, 5.41) is 2.70. The average Bonchev–Trinajstić information content (AvgIpc) is 3.11. The fourth-order valence-corrected chi connectivity index (χ4v) is 3.52. The van der Waals surface area contributed by atoms with Gasteiger partial charge in [-0.25, -0.2) is 9.78 Å². The van der Waals surface area contributed by atoms with Crippen LogP contribution in [0, 0.1) is 6.92 Å². The number of hydrogen-bond donors (Lipinski definition) is 1. The molecule has 8 nitrogen and oxygen atoms in total.